The number of methoxy groups -OCH3 is 1. The lowest BCUT2D eigenvalue weighted by Crippen LogP contribution is -2.44. The van der Waals surface area contributed by atoms with Crippen molar-refractivity contribution in [2.24, 2.45) is 5.92 Å². The maximum atomic E-state index is 13.1. The van der Waals surface area contributed by atoms with Gasteiger partial charge in [0.15, 0.2) is 0 Å². The fourth-order valence-electron chi connectivity index (χ4n) is 4.10. The number of amides is 1. The number of rotatable bonds is 9. The van der Waals surface area contributed by atoms with Gasteiger partial charge in [0.2, 0.25) is 0 Å². The third-order valence-electron chi connectivity index (χ3n) is 5.68. The zero-order chi connectivity index (χ0) is 21.3. The monoisotopic (exact) mass is 410 g/mol. The molecule has 1 amide bonds. The zero-order valence-electron chi connectivity index (χ0n) is 18.5. The highest BCUT2D eigenvalue weighted by molar-refractivity contribution is 5.93. The molecule has 1 atom stereocenters. The maximum Gasteiger partial charge on any atom is 0.255 e. The molecule has 1 aromatic carbocycles. The Bertz CT molecular complexity index is 797. The molecule has 0 aliphatic carbocycles. The molecule has 0 spiro atoms. The second-order valence-corrected chi connectivity index (χ2v) is 8.35. The Morgan fingerprint density at radius 2 is 2.03 bits per heavy atom. The Labute approximate surface area is 180 Å². The summed E-state index contributed by atoms with van der Waals surface area (Å²) in [6.45, 7) is 5.33. The fourth-order valence-corrected chi connectivity index (χ4v) is 4.10. The third-order valence-corrected chi connectivity index (χ3v) is 5.68. The Balaban J connectivity index is 1.65. The minimum atomic E-state index is 0.0757. The Hall–Kier alpha value is -2.44. The van der Waals surface area contributed by atoms with Crippen LogP contribution in [0.5, 0.6) is 5.75 Å². The van der Waals surface area contributed by atoms with Crippen LogP contribution in [0.3, 0.4) is 0 Å². The van der Waals surface area contributed by atoms with Crippen LogP contribution in [0.1, 0.15) is 28.8 Å². The first kappa shape index (κ1) is 22.2. The molecule has 162 valence electrons. The summed E-state index contributed by atoms with van der Waals surface area (Å²) in [7, 11) is 5.81. The lowest BCUT2D eigenvalue weighted by atomic mass is 9.96. The number of para-hydroxylation sites is 1. The van der Waals surface area contributed by atoms with Crippen molar-refractivity contribution in [3.05, 3.63) is 59.9 Å². The minimum absolute atomic E-state index is 0.0757. The van der Waals surface area contributed by atoms with Gasteiger partial charge in [-0.25, -0.2) is 0 Å². The highest BCUT2D eigenvalue weighted by atomic mass is 16.5. The predicted molar refractivity (Wildman–Crippen MR) is 120 cm³/mol. The van der Waals surface area contributed by atoms with Crippen molar-refractivity contribution < 1.29 is 9.53 Å². The smallest absolute Gasteiger partial charge is 0.255 e. The highest BCUT2D eigenvalue weighted by Gasteiger charge is 2.25. The molecule has 1 aromatic heterocycles. The SMILES string of the molecule is COc1ccccc1CN1CCC[C@H](CN(CCN(C)C)C(=O)c2cccnc2)C1. The summed E-state index contributed by atoms with van der Waals surface area (Å²) in [5, 5.41) is 0. The van der Waals surface area contributed by atoms with Crippen molar-refractivity contribution in [3.8, 4) is 5.75 Å². The molecule has 1 aliphatic heterocycles. The van der Waals surface area contributed by atoms with E-state index in [1.807, 2.05) is 43.3 Å². The molecule has 0 N–H and O–H groups in total. The molecular formula is C24H34N4O2. The fraction of sp³-hybridized carbons (Fsp3) is 0.500. The van der Waals surface area contributed by atoms with E-state index < -0.39 is 0 Å². The van der Waals surface area contributed by atoms with Gasteiger partial charge in [-0.3, -0.25) is 14.7 Å². The number of piperidine rings is 1. The molecular weight excluding hydrogens is 376 g/mol. The third kappa shape index (κ3) is 6.28. The average Bonchev–Trinajstić information content (AvgIpc) is 2.77. The topological polar surface area (TPSA) is 48.9 Å². The average molecular weight is 411 g/mol. The highest BCUT2D eigenvalue weighted by Crippen LogP contribution is 2.24. The molecule has 6 heteroatoms. The summed E-state index contributed by atoms with van der Waals surface area (Å²) in [5.41, 5.74) is 1.88. The van der Waals surface area contributed by atoms with E-state index >= 15 is 0 Å². The molecule has 1 saturated heterocycles. The number of likely N-dealkylation sites (tertiary alicyclic amines) is 1. The predicted octanol–water partition coefficient (Wildman–Crippen LogP) is 3.01. The van der Waals surface area contributed by atoms with E-state index in [2.05, 4.69) is 26.9 Å². The van der Waals surface area contributed by atoms with E-state index in [-0.39, 0.29) is 5.91 Å². The Kier molecular flexibility index (Phi) is 8.22. The molecule has 1 fully saturated rings. The molecule has 0 bridgehead atoms. The van der Waals surface area contributed by atoms with Crippen molar-refractivity contribution in [2.75, 3.05) is 53.9 Å². The van der Waals surface area contributed by atoms with Gasteiger partial charge in [-0.05, 0) is 57.6 Å². The molecule has 0 saturated carbocycles. The zero-order valence-corrected chi connectivity index (χ0v) is 18.5. The minimum Gasteiger partial charge on any atom is -0.496 e. The molecule has 2 aromatic rings. The van der Waals surface area contributed by atoms with Gasteiger partial charge < -0.3 is 14.5 Å². The van der Waals surface area contributed by atoms with Gasteiger partial charge in [-0.15, -0.1) is 0 Å². The molecule has 30 heavy (non-hydrogen) atoms. The van der Waals surface area contributed by atoms with Gasteiger partial charge in [-0.2, -0.15) is 0 Å². The first-order valence-corrected chi connectivity index (χ1v) is 10.7. The number of ether oxygens (including phenoxy) is 1. The normalized spacial score (nSPS) is 17.1. The second-order valence-electron chi connectivity index (χ2n) is 8.35. The van der Waals surface area contributed by atoms with Crippen LogP contribution in [0, 0.1) is 5.92 Å². The maximum absolute atomic E-state index is 13.1. The first-order chi connectivity index (χ1) is 14.6. The van der Waals surface area contributed by atoms with Gasteiger partial charge in [0.05, 0.1) is 12.7 Å². The number of pyridine rings is 1. The van der Waals surface area contributed by atoms with Crippen LogP contribution < -0.4 is 4.74 Å². The Morgan fingerprint density at radius 3 is 2.77 bits per heavy atom. The lowest BCUT2D eigenvalue weighted by molar-refractivity contribution is 0.0660. The standard InChI is InChI=1S/C24H34N4O2/c1-26(2)14-15-28(24(29)21-10-6-12-25-16-21)18-20-8-7-13-27(17-20)19-22-9-4-5-11-23(22)30-3/h4-6,9-12,16,20H,7-8,13-15,17-19H2,1-3H3/t20-/m0/s1. The molecule has 2 heterocycles. The van der Waals surface area contributed by atoms with Gasteiger partial charge >= 0.3 is 0 Å². The number of likely N-dealkylation sites (N-methyl/N-ethyl adjacent to an activating group) is 1. The van der Waals surface area contributed by atoms with Crippen molar-refractivity contribution in [1.82, 2.24) is 19.7 Å². The number of hydrogen-bond donors (Lipinski definition) is 0. The van der Waals surface area contributed by atoms with Crippen LogP contribution in [0.25, 0.3) is 0 Å². The largest absolute Gasteiger partial charge is 0.496 e. The number of carbonyl (C=O) groups is 1. The molecule has 6 nitrogen and oxygen atoms in total. The van der Waals surface area contributed by atoms with Crippen LogP contribution in [0.4, 0.5) is 0 Å². The van der Waals surface area contributed by atoms with Gasteiger partial charge in [0, 0.05) is 50.7 Å². The van der Waals surface area contributed by atoms with Crippen LogP contribution in [0.15, 0.2) is 48.8 Å². The number of hydrogen-bond acceptors (Lipinski definition) is 5. The van der Waals surface area contributed by atoms with Crippen LogP contribution in [-0.4, -0.2) is 79.5 Å². The van der Waals surface area contributed by atoms with E-state index in [1.54, 1.807) is 19.5 Å². The van der Waals surface area contributed by atoms with Gasteiger partial charge in [0.25, 0.3) is 5.91 Å². The first-order valence-electron chi connectivity index (χ1n) is 10.7. The number of nitrogens with zero attached hydrogens (tertiary/aromatic N) is 4. The quantitative estimate of drug-likeness (QED) is 0.636. The van der Waals surface area contributed by atoms with Crippen molar-refractivity contribution in [1.29, 1.82) is 0 Å². The summed E-state index contributed by atoms with van der Waals surface area (Å²) < 4.78 is 5.52. The Morgan fingerprint density at radius 1 is 1.20 bits per heavy atom. The summed E-state index contributed by atoms with van der Waals surface area (Å²) in [6.07, 6.45) is 5.68. The van der Waals surface area contributed by atoms with E-state index in [4.69, 9.17) is 4.74 Å². The lowest BCUT2D eigenvalue weighted by Gasteiger charge is -2.36. The summed E-state index contributed by atoms with van der Waals surface area (Å²) >= 11 is 0. The van der Waals surface area contributed by atoms with Gasteiger partial charge in [-0.1, -0.05) is 18.2 Å². The second kappa shape index (κ2) is 11.1. The molecule has 1 aliphatic rings. The van der Waals surface area contributed by atoms with Crippen molar-refractivity contribution >= 4 is 5.91 Å². The van der Waals surface area contributed by atoms with E-state index in [0.29, 0.717) is 11.5 Å². The summed E-state index contributed by atoms with van der Waals surface area (Å²) in [5.74, 6) is 1.49. The molecule has 0 radical (unpaired) electrons. The van der Waals surface area contributed by atoms with Crippen LogP contribution >= 0.6 is 0 Å². The van der Waals surface area contributed by atoms with E-state index in [1.165, 1.54) is 5.56 Å². The van der Waals surface area contributed by atoms with E-state index in [9.17, 15) is 4.79 Å². The van der Waals surface area contributed by atoms with E-state index in [0.717, 1.165) is 57.9 Å². The number of carbonyl (C=O) groups excluding carboxylic acids is 1. The number of benzene rings is 1. The molecule has 3 rings (SSSR count). The van der Waals surface area contributed by atoms with Crippen molar-refractivity contribution in [3.63, 3.8) is 0 Å². The van der Waals surface area contributed by atoms with Crippen molar-refractivity contribution in [2.45, 2.75) is 19.4 Å². The molecule has 0 unspecified atom stereocenters. The summed E-state index contributed by atoms with van der Waals surface area (Å²) in [6, 6.07) is 11.9. The van der Waals surface area contributed by atoms with Gasteiger partial charge in [0.1, 0.15) is 5.75 Å². The summed E-state index contributed by atoms with van der Waals surface area (Å²) in [4.78, 5) is 23.9. The number of aromatic nitrogens is 1. The van der Waals surface area contributed by atoms with Crippen LogP contribution in [0.2, 0.25) is 0 Å². The van der Waals surface area contributed by atoms with Crippen LogP contribution in [-0.2, 0) is 6.54 Å².